The number of nitrogen functional groups attached to an aromatic ring is 1. The highest BCUT2D eigenvalue weighted by Gasteiger charge is 2.36. The van der Waals surface area contributed by atoms with E-state index in [9.17, 15) is 19.6 Å². The molecule has 3 N–H and O–H groups in total. The number of cyclic esters (lactones) is 1. The number of hydrogen-bond donors (Lipinski definition) is 2. The molecule has 2 unspecified atom stereocenters. The van der Waals surface area contributed by atoms with Gasteiger partial charge in [-0.3, -0.25) is 9.69 Å². The first-order chi connectivity index (χ1) is 19.0. The maximum atomic E-state index is 13.2. The van der Waals surface area contributed by atoms with E-state index < -0.39 is 23.9 Å². The average Bonchev–Trinajstić information content (AvgIpc) is 3.46. The van der Waals surface area contributed by atoms with Gasteiger partial charge in [0.05, 0.1) is 24.4 Å². The van der Waals surface area contributed by atoms with Crippen molar-refractivity contribution in [3.05, 3.63) is 35.0 Å². The van der Waals surface area contributed by atoms with Crippen LogP contribution >= 0.6 is 0 Å². The lowest BCUT2D eigenvalue weighted by Crippen LogP contribution is -2.41. The van der Waals surface area contributed by atoms with Crippen LogP contribution in [0.1, 0.15) is 43.9 Å². The molecular weight excluding hydrogens is 518 g/mol. The molecular formula is C27H31N7O6. The van der Waals surface area contributed by atoms with Gasteiger partial charge >= 0.3 is 12.2 Å². The van der Waals surface area contributed by atoms with Crippen molar-refractivity contribution in [2.24, 2.45) is 5.92 Å². The number of nitrogens with one attached hydrogen (secondary N) is 1. The molecule has 3 aliphatic rings. The van der Waals surface area contributed by atoms with Crippen molar-refractivity contribution in [2.75, 3.05) is 42.2 Å². The van der Waals surface area contributed by atoms with Crippen LogP contribution in [-0.2, 0) is 27.1 Å². The zero-order valence-corrected chi connectivity index (χ0v) is 22.6. The smallest absolute Gasteiger partial charge is 0.415 e. The predicted molar refractivity (Wildman–Crippen MR) is 143 cm³/mol. The van der Waals surface area contributed by atoms with E-state index in [0.717, 1.165) is 11.1 Å². The van der Waals surface area contributed by atoms with E-state index in [4.69, 9.17) is 19.9 Å². The summed E-state index contributed by atoms with van der Waals surface area (Å²) in [6.45, 7) is 6.17. The summed E-state index contributed by atoms with van der Waals surface area (Å²) in [4.78, 5) is 48.8. The molecule has 1 aromatic carbocycles. The van der Waals surface area contributed by atoms with E-state index in [2.05, 4.69) is 21.4 Å². The van der Waals surface area contributed by atoms with Gasteiger partial charge in [0.15, 0.2) is 18.2 Å². The van der Waals surface area contributed by atoms with Crippen LogP contribution in [0, 0.1) is 17.2 Å². The summed E-state index contributed by atoms with van der Waals surface area (Å²) in [5.74, 6) is 0.263. The summed E-state index contributed by atoms with van der Waals surface area (Å²) in [6.07, 6.45) is 1.54. The lowest BCUT2D eigenvalue weighted by atomic mass is 10.0. The summed E-state index contributed by atoms with van der Waals surface area (Å²) in [7, 11) is 0. The topological polar surface area (TPSA) is 173 Å². The molecule has 2 aliphatic heterocycles. The van der Waals surface area contributed by atoms with Crippen LogP contribution in [0.5, 0.6) is 5.88 Å². The van der Waals surface area contributed by atoms with Crippen molar-refractivity contribution in [1.82, 2.24) is 14.9 Å². The van der Waals surface area contributed by atoms with Gasteiger partial charge in [0, 0.05) is 25.2 Å². The van der Waals surface area contributed by atoms with Crippen LogP contribution in [0.4, 0.5) is 26.9 Å². The van der Waals surface area contributed by atoms with Gasteiger partial charge in [-0.15, -0.1) is 0 Å². The zero-order chi connectivity index (χ0) is 28.6. The highest BCUT2D eigenvalue weighted by atomic mass is 16.6. The van der Waals surface area contributed by atoms with Gasteiger partial charge in [-0.05, 0) is 62.8 Å². The third kappa shape index (κ3) is 5.85. The van der Waals surface area contributed by atoms with Crippen LogP contribution < -0.4 is 20.7 Å². The molecule has 1 aromatic heterocycles. The Hall–Kier alpha value is -4.60. The number of carbonyl (C=O) groups excluding carboxylic acids is 3. The minimum Gasteiger partial charge on any atom is -0.465 e. The molecule has 3 heterocycles. The van der Waals surface area contributed by atoms with Gasteiger partial charge in [0.25, 0.3) is 11.8 Å². The lowest BCUT2D eigenvalue weighted by Gasteiger charge is -2.29. The van der Waals surface area contributed by atoms with Crippen LogP contribution in [0.2, 0.25) is 0 Å². The Kier molecular flexibility index (Phi) is 7.10. The average molecular weight is 550 g/mol. The number of carbonyl (C=O) groups is 3. The van der Waals surface area contributed by atoms with Crippen molar-refractivity contribution in [3.8, 4) is 11.9 Å². The molecule has 1 fully saturated rings. The van der Waals surface area contributed by atoms with E-state index in [1.54, 1.807) is 31.7 Å². The van der Waals surface area contributed by atoms with Crippen LogP contribution in [0.15, 0.2) is 18.3 Å². The number of hydrogen-bond acceptors (Lipinski definition) is 10. The first kappa shape index (κ1) is 27.0. The van der Waals surface area contributed by atoms with Gasteiger partial charge in [-0.2, -0.15) is 5.26 Å². The molecule has 40 heavy (non-hydrogen) atoms. The first-order valence-corrected chi connectivity index (χ1v) is 13.1. The maximum Gasteiger partial charge on any atom is 0.415 e. The van der Waals surface area contributed by atoms with Gasteiger partial charge in [0.2, 0.25) is 0 Å². The number of anilines is 3. The minimum absolute atomic E-state index is 0.0854. The highest BCUT2D eigenvalue weighted by molar-refractivity contribution is 5.94. The second-order valence-corrected chi connectivity index (χ2v) is 11.1. The first-order valence-electron chi connectivity index (χ1n) is 13.1. The summed E-state index contributed by atoms with van der Waals surface area (Å²) in [5, 5.41) is 12.1. The number of nitrogens with zero attached hydrogens (tertiary/aromatic N) is 5. The zero-order valence-electron chi connectivity index (χ0n) is 22.6. The third-order valence-electron chi connectivity index (χ3n) is 6.81. The molecule has 0 radical (unpaired) electrons. The molecule has 5 rings (SSSR count). The number of nitriles is 1. The van der Waals surface area contributed by atoms with E-state index in [1.807, 2.05) is 6.07 Å². The number of aromatic nitrogens is 2. The van der Waals surface area contributed by atoms with E-state index in [1.165, 1.54) is 11.1 Å². The standard InChI is InChI=1S/C27H31N7O6/c1-27(2,3)40-25(36)33(12-15-6-16-8-18(29)9-17(10-28)20(16)7-15)5-4-19-13-34(26(37)39-19)21-11-30-24-23(31-21)32-22(35)14-38-24/h8-9,11,15,19H,4-7,12-14,29H2,1-3H3,(H,31,32,35). The van der Waals surface area contributed by atoms with Gasteiger partial charge < -0.3 is 30.2 Å². The fraction of sp³-hybridized carbons (Fsp3) is 0.481. The molecule has 0 bridgehead atoms. The Labute approximate surface area is 231 Å². The Morgan fingerprint density at radius 1 is 1.32 bits per heavy atom. The third-order valence-corrected chi connectivity index (χ3v) is 6.81. The van der Waals surface area contributed by atoms with Crippen molar-refractivity contribution in [3.63, 3.8) is 0 Å². The van der Waals surface area contributed by atoms with Gasteiger partial charge in [-0.1, -0.05) is 0 Å². The normalized spacial score (nSPS) is 19.6. The largest absolute Gasteiger partial charge is 0.465 e. The number of nitrogens with two attached hydrogens (primary N) is 1. The number of fused-ring (bicyclic) bond motifs is 2. The van der Waals surface area contributed by atoms with Crippen LogP contribution in [0.3, 0.4) is 0 Å². The van der Waals surface area contributed by atoms with Gasteiger partial charge in [0.1, 0.15) is 11.7 Å². The Morgan fingerprint density at radius 2 is 2.12 bits per heavy atom. The Balaban J connectivity index is 1.25. The Morgan fingerprint density at radius 3 is 2.88 bits per heavy atom. The molecule has 2 atom stereocenters. The number of rotatable bonds is 6. The molecule has 13 nitrogen and oxygen atoms in total. The fourth-order valence-electron chi connectivity index (χ4n) is 5.12. The maximum absolute atomic E-state index is 13.2. The molecule has 0 saturated carbocycles. The van der Waals surface area contributed by atoms with Crippen molar-refractivity contribution >= 4 is 35.4 Å². The van der Waals surface area contributed by atoms with Crippen molar-refractivity contribution < 1.29 is 28.6 Å². The number of ether oxygens (including phenoxy) is 3. The predicted octanol–water partition coefficient (Wildman–Crippen LogP) is 2.63. The second-order valence-electron chi connectivity index (χ2n) is 11.1. The summed E-state index contributed by atoms with van der Waals surface area (Å²) >= 11 is 0. The summed E-state index contributed by atoms with van der Waals surface area (Å²) < 4.78 is 16.5. The number of benzene rings is 1. The molecule has 3 amide bonds. The van der Waals surface area contributed by atoms with Crippen molar-refractivity contribution in [1.29, 1.82) is 5.26 Å². The van der Waals surface area contributed by atoms with Crippen LogP contribution in [0.25, 0.3) is 0 Å². The molecule has 210 valence electrons. The van der Waals surface area contributed by atoms with E-state index in [0.29, 0.717) is 43.6 Å². The molecule has 1 aliphatic carbocycles. The quantitative estimate of drug-likeness (QED) is 0.510. The molecule has 13 heteroatoms. The number of amides is 3. The fourth-order valence-corrected chi connectivity index (χ4v) is 5.12. The second kappa shape index (κ2) is 10.5. The Bertz CT molecular complexity index is 1400. The molecule has 2 aromatic rings. The van der Waals surface area contributed by atoms with Gasteiger partial charge in [-0.25, -0.2) is 19.6 Å². The van der Waals surface area contributed by atoms with Crippen molar-refractivity contribution in [2.45, 2.75) is 51.7 Å². The van der Waals surface area contributed by atoms with E-state index in [-0.39, 0.29) is 42.5 Å². The monoisotopic (exact) mass is 549 g/mol. The molecule has 1 saturated heterocycles. The molecule has 0 spiro atoms. The lowest BCUT2D eigenvalue weighted by molar-refractivity contribution is -0.118. The summed E-state index contributed by atoms with van der Waals surface area (Å²) in [5.41, 5.74) is 8.41. The summed E-state index contributed by atoms with van der Waals surface area (Å²) in [6, 6.07) is 5.80. The minimum atomic E-state index is -0.683. The highest BCUT2D eigenvalue weighted by Crippen LogP contribution is 2.33. The van der Waals surface area contributed by atoms with E-state index >= 15 is 0 Å². The van der Waals surface area contributed by atoms with Crippen LogP contribution in [-0.4, -0.2) is 70.9 Å². The SMILES string of the molecule is CC(C)(C)OC(=O)N(CCC1CN(c2cnc3c(n2)NC(=O)CO3)C(=O)O1)CC1Cc2cc(N)cc(C#N)c2C1.